The first kappa shape index (κ1) is 27.5. The summed E-state index contributed by atoms with van der Waals surface area (Å²) in [6.07, 6.45) is 2.07. The van der Waals surface area contributed by atoms with Crippen molar-refractivity contribution in [3.05, 3.63) is 60.3 Å². The van der Waals surface area contributed by atoms with Crippen molar-refractivity contribution in [2.24, 2.45) is 5.92 Å². The standard InChI is InChI=1S/C25H40N2O4Si/c1-9-20(3)27(24(29)30)17-22(19(2)15-16-32(7,8)25(4,5)6)26-23(28)31-18-21-13-11-10-12-14-21/h9-16,19-20,22H,1,17-18H2,2-8H3,(H,26,28)(H,29,30)/b16-15+/t19-,20-,22+/m0/s1. The summed E-state index contributed by atoms with van der Waals surface area (Å²) < 4.78 is 5.39. The molecule has 0 unspecified atom stereocenters. The van der Waals surface area contributed by atoms with Gasteiger partial charge in [-0.1, -0.05) is 89.0 Å². The molecule has 1 aromatic carbocycles. The molecule has 0 spiro atoms. The third-order valence-corrected chi connectivity index (χ3v) is 11.3. The zero-order valence-corrected chi connectivity index (χ0v) is 21.6. The number of alkyl carbamates (subject to hydrolysis) is 1. The van der Waals surface area contributed by atoms with Gasteiger partial charge in [0.15, 0.2) is 0 Å². The van der Waals surface area contributed by atoms with Crippen molar-refractivity contribution < 1.29 is 19.4 Å². The van der Waals surface area contributed by atoms with E-state index in [-0.39, 0.29) is 30.1 Å². The van der Waals surface area contributed by atoms with Gasteiger partial charge in [-0.05, 0) is 23.4 Å². The van der Waals surface area contributed by atoms with Crippen LogP contribution in [0.25, 0.3) is 0 Å². The fourth-order valence-electron chi connectivity index (χ4n) is 2.79. The summed E-state index contributed by atoms with van der Waals surface area (Å²) >= 11 is 0. The highest BCUT2D eigenvalue weighted by molar-refractivity contribution is 6.84. The first-order chi connectivity index (χ1) is 14.8. The molecule has 7 heteroatoms. The molecule has 32 heavy (non-hydrogen) atoms. The van der Waals surface area contributed by atoms with Gasteiger partial charge in [0.05, 0.1) is 20.2 Å². The summed E-state index contributed by atoms with van der Waals surface area (Å²) in [4.78, 5) is 25.7. The summed E-state index contributed by atoms with van der Waals surface area (Å²) in [5.74, 6) is -0.0905. The molecule has 1 rings (SSSR count). The average molecular weight is 461 g/mol. The van der Waals surface area contributed by atoms with Gasteiger partial charge in [-0.15, -0.1) is 6.58 Å². The van der Waals surface area contributed by atoms with Crippen LogP contribution in [-0.2, 0) is 11.3 Å². The number of amides is 2. The van der Waals surface area contributed by atoms with Crippen molar-refractivity contribution in [3.8, 4) is 0 Å². The molecule has 0 radical (unpaired) electrons. The minimum absolute atomic E-state index is 0.0905. The van der Waals surface area contributed by atoms with Gasteiger partial charge in [-0.3, -0.25) is 0 Å². The number of benzene rings is 1. The molecular formula is C25H40N2O4Si. The second-order valence-electron chi connectivity index (χ2n) is 9.91. The number of carbonyl (C=O) groups is 2. The molecule has 0 bridgehead atoms. The van der Waals surface area contributed by atoms with Crippen molar-refractivity contribution in [2.45, 2.75) is 71.4 Å². The number of ether oxygens (including phenoxy) is 1. The minimum Gasteiger partial charge on any atom is -0.465 e. The van der Waals surface area contributed by atoms with Crippen LogP contribution in [-0.4, -0.2) is 48.9 Å². The normalized spacial score (nSPS) is 15.0. The Bertz CT molecular complexity index is 787. The number of nitrogens with one attached hydrogen (secondary N) is 1. The second-order valence-corrected chi connectivity index (χ2v) is 15.2. The van der Waals surface area contributed by atoms with E-state index in [4.69, 9.17) is 4.74 Å². The van der Waals surface area contributed by atoms with E-state index >= 15 is 0 Å². The van der Waals surface area contributed by atoms with Crippen molar-refractivity contribution in [1.82, 2.24) is 10.2 Å². The van der Waals surface area contributed by atoms with Gasteiger partial charge in [0, 0.05) is 6.54 Å². The maximum atomic E-state index is 12.5. The predicted octanol–water partition coefficient (Wildman–Crippen LogP) is 6.08. The molecule has 0 saturated carbocycles. The Balaban J connectivity index is 3.01. The van der Waals surface area contributed by atoms with Crippen LogP contribution in [0.15, 0.2) is 54.8 Å². The van der Waals surface area contributed by atoms with Gasteiger partial charge >= 0.3 is 12.2 Å². The highest BCUT2D eigenvalue weighted by Crippen LogP contribution is 2.37. The SMILES string of the molecule is C=C[C@H](C)N(C[C@@H](NC(=O)OCc1ccccc1)[C@@H](C)/C=C/[Si](C)(C)C(C)(C)C)C(=O)O. The molecule has 0 saturated heterocycles. The lowest BCUT2D eigenvalue weighted by atomic mass is 10.0. The maximum Gasteiger partial charge on any atom is 0.407 e. The molecule has 3 atom stereocenters. The first-order valence-electron chi connectivity index (χ1n) is 11.1. The number of hydrogen-bond donors (Lipinski definition) is 2. The molecule has 178 valence electrons. The van der Waals surface area contributed by atoms with E-state index in [2.05, 4.69) is 57.5 Å². The Kier molecular flexibility index (Phi) is 10.2. The molecule has 6 nitrogen and oxygen atoms in total. The molecule has 2 amide bonds. The van der Waals surface area contributed by atoms with E-state index in [1.54, 1.807) is 13.0 Å². The van der Waals surface area contributed by atoms with E-state index < -0.39 is 26.3 Å². The van der Waals surface area contributed by atoms with Gasteiger partial charge in [0.1, 0.15) is 6.61 Å². The lowest BCUT2D eigenvalue weighted by Crippen LogP contribution is -2.50. The molecule has 0 aliphatic heterocycles. The van der Waals surface area contributed by atoms with E-state index in [0.29, 0.717) is 0 Å². The highest BCUT2D eigenvalue weighted by atomic mass is 28.3. The van der Waals surface area contributed by atoms with Gasteiger partial charge in [0.25, 0.3) is 0 Å². The van der Waals surface area contributed by atoms with E-state index in [0.717, 1.165) is 5.56 Å². The molecule has 0 aliphatic rings. The zero-order chi connectivity index (χ0) is 24.5. The Morgan fingerprint density at radius 1 is 1.22 bits per heavy atom. The monoisotopic (exact) mass is 460 g/mol. The molecule has 0 aliphatic carbocycles. The predicted molar refractivity (Wildman–Crippen MR) is 133 cm³/mol. The summed E-state index contributed by atoms with van der Waals surface area (Å²) in [7, 11) is -1.67. The maximum absolute atomic E-state index is 12.5. The number of rotatable bonds is 10. The third kappa shape index (κ3) is 8.53. The van der Waals surface area contributed by atoms with Crippen molar-refractivity contribution >= 4 is 20.3 Å². The van der Waals surface area contributed by atoms with Crippen molar-refractivity contribution in [2.75, 3.05) is 6.54 Å². The number of hydrogen-bond acceptors (Lipinski definition) is 3. The van der Waals surface area contributed by atoms with Gasteiger partial charge < -0.3 is 20.1 Å². The van der Waals surface area contributed by atoms with Gasteiger partial charge in [-0.25, -0.2) is 9.59 Å². The van der Waals surface area contributed by atoms with Crippen LogP contribution < -0.4 is 5.32 Å². The molecular weight excluding hydrogens is 420 g/mol. The first-order valence-corrected chi connectivity index (χ1v) is 14.1. The minimum atomic E-state index is -1.67. The van der Waals surface area contributed by atoms with E-state index in [9.17, 15) is 14.7 Å². The van der Waals surface area contributed by atoms with Gasteiger partial charge in [-0.2, -0.15) is 0 Å². The summed E-state index contributed by atoms with van der Waals surface area (Å²) in [5, 5.41) is 12.8. The Morgan fingerprint density at radius 3 is 2.31 bits per heavy atom. The lowest BCUT2D eigenvalue weighted by molar-refractivity contribution is 0.114. The van der Waals surface area contributed by atoms with Crippen molar-refractivity contribution in [1.29, 1.82) is 0 Å². The Morgan fingerprint density at radius 2 is 1.81 bits per heavy atom. The Hall–Kier alpha value is -2.54. The molecule has 1 aromatic rings. The highest BCUT2D eigenvalue weighted by Gasteiger charge is 2.33. The summed E-state index contributed by atoms with van der Waals surface area (Å²) in [5.41, 5.74) is 3.17. The smallest absolute Gasteiger partial charge is 0.407 e. The van der Waals surface area contributed by atoms with Crippen LogP contribution in [0, 0.1) is 5.92 Å². The second kappa shape index (κ2) is 11.9. The van der Waals surface area contributed by atoms with E-state index in [1.807, 2.05) is 37.3 Å². The van der Waals surface area contributed by atoms with Crippen LogP contribution in [0.3, 0.4) is 0 Å². The third-order valence-electron chi connectivity index (χ3n) is 6.37. The number of carboxylic acid groups (broad SMARTS) is 1. The fourth-order valence-corrected chi connectivity index (χ4v) is 4.08. The molecule has 2 N–H and O–H groups in total. The molecule has 0 heterocycles. The fraction of sp³-hybridized carbons (Fsp3) is 0.520. The largest absolute Gasteiger partial charge is 0.465 e. The van der Waals surface area contributed by atoms with E-state index in [1.165, 1.54) is 4.90 Å². The van der Waals surface area contributed by atoms with Crippen LogP contribution in [0.5, 0.6) is 0 Å². The van der Waals surface area contributed by atoms with Gasteiger partial charge in [0.2, 0.25) is 0 Å². The van der Waals surface area contributed by atoms with Crippen LogP contribution >= 0.6 is 0 Å². The average Bonchev–Trinajstić information content (AvgIpc) is 2.72. The number of carbonyl (C=O) groups excluding carboxylic acids is 1. The lowest BCUT2D eigenvalue weighted by Gasteiger charge is -2.35. The number of nitrogens with zero attached hydrogens (tertiary/aromatic N) is 1. The van der Waals surface area contributed by atoms with Crippen LogP contribution in [0.1, 0.15) is 40.2 Å². The zero-order valence-electron chi connectivity index (χ0n) is 20.6. The topological polar surface area (TPSA) is 78.9 Å². The molecule has 0 fully saturated rings. The summed E-state index contributed by atoms with van der Waals surface area (Å²) in [6, 6.07) is 8.60. The van der Waals surface area contributed by atoms with Crippen LogP contribution in [0.2, 0.25) is 18.1 Å². The quantitative estimate of drug-likeness (QED) is 0.328. The van der Waals surface area contributed by atoms with Crippen molar-refractivity contribution in [3.63, 3.8) is 0 Å². The van der Waals surface area contributed by atoms with Crippen LogP contribution in [0.4, 0.5) is 9.59 Å². The molecule has 0 aromatic heterocycles. The summed E-state index contributed by atoms with van der Waals surface area (Å²) in [6.45, 7) is 19.1. The Labute approximate surface area is 194 Å².